The van der Waals surface area contributed by atoms with Gasteiger partial charge in [0.15, 0.2) is 0 Å². The van der Waals surface area contributed by atoms with E-state index >= 15 is 0 Å². The second-order valence-corrected chi connectivity index (χ2v) is 9.55. The van der Waals surface area contributed by atoms with Gasteiger partial charge in [-0.25, -0.2) is 0 Å². The average Bonchev–Trinajstić information content (AvgIpc) is 3.16. The summed E-state index contributed by atoms with van der Waals surface area (Å²) in [6.07, 6.45) is 8.13. The Hall–Kier alpha value is -2.24. The number of allylic oxidation sites excluding steroid dienone is 1. The first kappa shape index (κ1) is 22.0. The SMILES string of the molecule is O=C(NCCC1=CCCCC1)c1ccc([C@@H]2SCC(=O)N2Cc2ccc(Cl)cc2)cc1. The van der Waals surface area contributed by atoms with E-state index in [2.05, 4.69) is 11.4 Å². The van der Waals surface area contributed by atoms with Crippen molar-refractivity contribution in [3.63, 3.8) is 0 Å². The Balaban J connectivity index is 1.35. The van der Waals surface area contributed by atoms with Gasteiger partial charge in [-0.1, -0.05) is 47.5 Å². The number of nitrogens with one attached hydrogen (secondary N) is 1. The fraction of sp³-hybridized carbons (Fsp3) is 0.360. The zero-order chi connectivity index (χ0) is 21.6. The van der Waals surface area contributed by atoms with Gasteiger partial charge in [-0.05, 0) is 67.5 Å². The van der Waals surface area contributed by atoms with Gasteiger partial charge in [-0.2, -0.15) is 0 Å². The van der Waals surface area contributed by atoms with Crippen LogP contribution in [0, 0.1) is 0 Å². The van der Waals surface area contributed by atoms with E-state index in [-0.39, 0.29) is 17.2 Å². The second kappa shape index (κ2) is 10.4. The molecule has 1 aliphatic carbocycles. The zero-order valence-electron chi connectivity index (χ0n) is 17.5. The summed E-state index contributed by atoms with van der Waals surface area (Å²) in [5.41, 5.74) is 4.20. The molecule has 0 aromatic heterocycles. The number of hydrogen-bond acceptors (Lipinski definition) is 3. The van der Waals surface area contributed by atoms with Crippen LogP contribution < -0.4 is 5.32 Å². The molecule has 0 bridgehead atoms. The summed E-state index contributed by atoms with van der Waals surface area (Å²) >= 11 is 7.59. The van der Waals surface area contributed by atoms with Gasteiger partial charge in [0.25, 0.3) is 5.91 Å². The number of thioether (sulfide) groups is 1. The molecule has 0 saturated carbocycles. The highest BCUT2D eigenvalue weighted by Gasteiger charge is 2.32. The number of carbonyl (C=O) groups excluding carboxylic acids is 2. The number of rotatable bonds is 7. The maximum atomic E-state index is 12.5. The molecule has 4 nitrogen and oxygen atoms in total. The molecule has 1 heterocycles. The Labute approximate surface area is 193 Å². The fourth-order valence-corrected chi connectivity index (χ4v) is 5.37. The molecule has 0 spiro atoms. The summed E-state index contributed by atoms with van der Waals surface area (Å²) in [4.78, 5) is 26.8. The van der Waals surface area contributed by atoms with Crippen molar-refractivity contribution in [2.24, 2.45) is 0 Å². The van der Waals surface area contributed by atoms with Crippen LogP contribution in [0.3, 0.4) is 0 Å². The quantitative estimate of drug-likeness (QED) is 0.543. The van der Waals surface area contributed by atoms with E-state index in [9.17, 15) is 9.59 Å². The van der Waals surface area contributed by atoms with Crippen molar-refractivity contribution in [1.29, 1.82) is 0 Å². The van der Waals surface area contributed by atoms with E-state index in [0.29, 0.717) is 29.4 Å². The van der Waals surface area contributed by atoms with Crippen LogP contribution in [0.4, 0.5) is 0 Å². The molecular formula is C25H27ClN2O2S. The van der Waals surface area contributed by atoms with E-state index in [1.54, 1.807) is 11.8 Å². The summed E-state index contributed by atoms with van der Waals surface area (Å²) in [7, 11) is 0. The largest absolute Gasteiger partial charge is 0.352 e. The van der Waals surface area contributed by atoms with Gasteiger partial charge in [0.1, 0.15) is 5.37 Å². The third-order valence-corrected chi connectivity index (χ3v) is 7.32. The summed E-state index contributed by atoms with van der Waals surface area (Å²) in [5.74, 6) is 0.552. The topological polar surface area (TPSA) is 49.4 Å². The molecule has 6 heteroatoms. The molecule has 2 amide bonds. The summed E-state index contributed by atoms with van der Waals surface area (Å²) in [5, 5.41) is 3.67. The molecule has 1 fully saturated rings. The lowest BCUT2D eigenvalue weighted by Gasteiger charge is -2.24. The van der Waals surface area contributed by atoms with Crippen LogP contribution in [0.2, 0.25) is 5.02 Å². The van der Waals surface area contributed by atoms with Gasteiger partial charge in [0.2, 0.25) is 5.91 Å². The zero-order valence-corrected chi connectivity index (χ0v) is 19.1. The predicted octanol–water partition coefficient (Wildman–Crippen LogP) is 5.73. The number of halogens is 1. The Morgan fingerprint density at radius 2 is 1.87 bits per heavy atom. The first-order chi connectivity index (χ1) is 15.1. The Morgan fingerprint density at radius 1 is 1.10 bits per heavy atom. The van der Waals surface area contributed by atoms with Crippen molar-refractivity contribution >= 4 is 35.2 Å². The molecule has 162 valence electrons. The van der Waals surface area contributed by atoms with Gasteiger partial charge in [0, 0.05) is 23.7 Å². The Kier molecular flexibility index (Phi) is 7.36. The molecule has 2 aliphatic rings. The smallest absolute Gasteiger partial charge is 0.251 e. The van der Waals surface area contributed by atoms with Crippen molar-refractivity contribution in [2.75, 3.05) is 12.3 Å². The normalized spacial score (nSPS) is 18.7. The predicted molar refractivity (Wildman–Crippen MR) is 127 cm³/mol. The lowest BCUT2D eigenvalue weighted by atomic mass is 9.97. The van der Waals surface area contributed by atoms with Crippen LogP contribution in [0.25, 0.3) is 0 Å². The van der Waals surface area contributed by atoms with Crippen LogP contribution >= 0.6 is 23.4 Å². The van der Waals surface area contributed by atoms with Crippen molar-refractivity contribution in [1.82, 2.24) is 10.2 Å². The Morgan fingerprint density at radius 3 is 2.58 bits per heavy atom. The standard InChI is InChI=1S/C25H27ClN2O2S/c26-22-12-6-19(7-13-22)16-28-23(29)17-31-25(28)21-10-8-20(9-11-21)24(30)27-15-14-18-4-2-1-3-5-18/h4,6-13,25H,1-3,5,14-17H2,(H,27,30)/t25-/m0/s1. The van der Waals surface area contributed by atoms with E-state index in [1.807, 2.05) is 53.4 Å². The maximum Gasteiger partial charge on any atom is 0.251 e. The number of benzene rings is 2. The highest BCUT2D eigenvalue weighted by Crippen LogP contribution is 2.39. The third-order valence-electron chi connectivity index (χ3n) is 5.81. The number of hydrogen-bond donors (Lipinski definition) is 1. The molecular weight excluding hydrogens is 428 g/mol. The van der Waals surface area contributed by atoms with E-state index in [0.717, 1.165) is 24.0 Å². The average molecular weight is 455 g/mol. The van der Waals surface area contributed by atoms with Crippen molar-refractivity contribution in [3.8, 4) is 0 Å². The fourth-order valence-electron chi connectivity index (χ4n) is 4.06. The lowest BCUT2D eigenvalue weighted by Crippen LogP contribution is -2.28. The highest BCUT2D eigenvalue weighted by molar-refractivity contribution is 8.00. The molecule has 2 aromatic carbocycles. The van der Waals surface area contributed by atoms with Crippen molar-refractivity contribution < 1.29 is 9.59 Å². The van der Waals surface area contributed by atoms with E-state index in [4.69, 9.17) is 11.6 Å². The van der Waals surface area contributed by atoms with Gasteiger partial charge >= 0.3 is 0 Å². The molecule has 1 aliphatic heterocycles. The number of amides is 2. The molecule has 2 aromatic rings. The first-order valence-electron chi connectivity index (χ1n) is 10.8. The molecule has 1 saturated heterocycles. The summed E-state index contributed by atoms with van der Waals surface area (Å²) in [6, 6.07) is 15.2. The first-order valence-corrected chi connectivity index (χ1v) is 12.2. The Bertz CT molecular complexity index is 956. The second-order valence-electron chi connectivity index (χ2n) is 8.05. The van der Waals surface area contributed by atoms with Crippen LogP contribution in [0.5, 0.6) is 0 Å². The molecule has 0 radical (unpaired) electrons. The molecule has 31 heavy (non-hydrogen) atoms. The molecule has 4 rings (SSSR count). The van der Waals surface area contributed by atoms with Crippen molar-refractivity contribution in [3.05, 3.63) is 81.9 Å². The van der Waals surface area contributed by atoms with E-state index in [1.165, 1.54) is 24.8 Å². The number of carbonyl (C=O) groups is 2. The minimum atomic E-state index is -0.0452. The molecule has 0 unspecified atom stereocenters. The van der Waals surface area contributed by atoms with Gasteiger partial charge < -0.3 is 10.2 Å². The summed E-state index contributed by atoms with van der Waals surface area (Å²) < 4.78 is 0. The van der Waals surface area contributed by atoms with Crippen LogP contribution in [0.1, 0.15) is 59.0 Å². The van der Waals surface area contributed by atoms with Crippen LogP contribution in [-0.4, -0.2) is 29.0 Å². The summed E-state index contributed by atoms with van der Waals surface area (Å²) in [6.45, 7) is 1.22. The van der Waals surface area contributed by atoms with E-state index < -0.39 is 0 Å². The maximum absolute atomic E-state index is 12.5. The minimum absolute atomic E-state index is 0.0430. The van der Waals surface area contributed by atoms with Gasteiger partial charge in [-0.15, -0.1) is 11.8 Å². The van der Waals surface area contributed by atoms with Crippen LogP contribution in [0.15, 0.2) is 60.2 Å². The number of nitrogens with zero attached hydrogens (tertiary/aromatic N) is 1. The van der Waals surface area contributed by atoms with Crippen molar-refractivity contribution in [2.45, 2.75) is 44.0 Å². The van der Waals surface area contributed by atoms with Gasteiger partial charge in [0.05, 0.1) is 5.75 Å². The third kappa shape index (κ3) is 5.72. The molecule has 1 N–H and O–H groups in total. The molecule has 1 atom stereocenters. The lowest BCUT2D eigenvalue weighted by molar-refractivity contribution is -0.128. The minimum Gasteiger partial charge on any atom is -0.352 e. The van der Waals surface area contributed by atoms with Crippen LogP contribution in [-0.2, 0) is 11.3 Å². The highest BCUT2D eigenvalue weighted by atomic mass is 35.5. The monoisotopic (exact) mass is 454 g/mol. The van der Waals surface area contributed by atoms with Gasteiger partial charge in [-0.3, -0.25) is 9.59 Å².